The van der Waals surface area contributed by atoms with Crippen LogP contribution in [-0.2, 0) is 16.1 Å². The molecule has 0 aromatic carbocycles. The van der Waals surface area contributed by atoms with E-state index in [1.54, 1.807) is 17.5 Å². The normalized spacial score (nSPS) is 22.2. The Bertz CT molecular complexity index is 681. The smallest absolute Gasteiger partial charge is 0.226 e. The highest BCUT2D eigenvalue weighted by Crippen LogP contribution is 2.34. The van der Waals surface area contributed by atoms with Crippen molar-refractivity contribution in [1.82, 2.24) is 19.9 Å². The van der Waals surface area contributed by atoms with Crippen molar-refractivity contribution in [3.05, 3.63) is 34.3 Å². The SMILES string of the molecule is CCn1ccnc1[C@@H]1OCC[C@H]1C(=O)NC(C)c1ncc(C)s1. The van der Waals surface area contributed by atoms with Crippen LogP contribution in [0.15, 0.2) is 18.6 Å². The van der Waals surface area contributed by atoms with Gasteiger partial charge in [-0.2, -0.15) is 0 Å². The van der Waals surface area contributed by atoms with Crippen LogP contribution in [0.4, 0.5) is 0 Å². The maximum atomic E-state index is 12.7. The number of thiazole rings is 1. The highest BCUT2D eigenvalue weighted by atomic mass is 32.1. The van der Waals surface area contributed by atoms with E-state index in [1.165, 1.54) is 0 Å². The van der Waals surface area contributed by atoms with Gasteiger partial charge in [0, 0.05) is 36.6 Å². The summed E-state index contributed by atoms with van der Waals surface area (Å²) in [6.45, 7) is 7.44. The van der Waals surface area contributed by atoms with Crippen molar-refractivity contribution in [1.29, 1.82) is 0 Å². The Morgan fingerprint density at radius 2 is 2.39 bits per heavy atom. The third kappa shape index (κ3) is 3.30. The molecule has 0 radical (unpaired) electrons. The van der Waals surface area contributed by atoms with Crippen LogP contribution in [-0.4, -0.2) is 27.0 Å². The van der Waals surface area contributed by atoms with Gasteiger partial charge in [-0.3, -0.25) is 4.79 Å². The summed E-state index contributed by atoms with van der Waals surface area (Å²) >= 11 is 1.61. The zero-order valence-electron chi connectivity index (χ0n) is 13.7. The summed E-state index contributed by atoms with van der Waals surface area (Å²) in [5, 5.41) is 4.00. The van der Waals surface area contributed by atoms with Gasteiger partial charge < -0.3 is 14.6 Å². The number of nitrogens with one attached hydrogen (secondary N) is 1. The van der Waals surface area contributed by atoms with E-state index in [4.69, 9.17) is 4.74 Å². The van der Waals surface area contributed by atoms with E-state index in [2.05, 4.69) is 22.2 Å². The molecule has 2 aromatic rings. The van der Waals surface area contributed by atoms with Gasteiger partial charge in [-0.05, 0) is 27.2 Å². The van der Waals surface area contributed by atoms with E-state index in [9.17, 15) is 4.79 Å². The molecule has 1 amide bonds. The summed E-state index contributed by atoms with van der Waals surface area (Å²) in [7, 11) is 0. The van der Waals surface area contributed by atoms with Crippen molar-refractivity contribution in [3.63, 3.8) is 0 Å². The van der Waals surface area contributed by atoms with E-state index in [0.29, 0.717) is 6.61 Å². The van der Waals surface area contributed by atoms with Crippen LogP contribution in [0.5, 0.6) is 0 Å². The molecule has 6 nitrogen and oxygen atoms in total. The molecule has 0 spiro atoms. The lowest BCUT2D eigenvalue weighted by atomic mass is 9.99. The number of rotatable bonds is 5. The van der Waals surface area contributed by atoms with Crippen molar-refractivity contribution in [2.24, 2.45) is 5.92 Å². The third-order valence-electron chi connectivity index (χ3n) is 4.14. The molecule has 1 aliphatic rings. The van der Waals surface area contributed by atoms with E-state index >= 15 is 0 Å². The fourth-order valence-corrected chi connectivity index (χ4v) is 3.69. The molecule has 1 fully saturated rings. The number of imidazole rings is 1. The summed E-state index contributed by atoms with van der Waals surface area (Å²) < 4.78 is 7.84. The second-order valence-corrected chi connectivity index (χ2v) is 7.06. The number of hydrogen-bond acceptors (Lipinski definition) is 5. The highest BCUT2D eigenvalue weighted by molar-refractivity contribution is 7.11. The summed E-state index contributed by atoms with van der Waals surface area (Å²) in [4.78, 5) is 22.6. The van der Waals surface area contributed by atoms with Gasteiger partial charge >= 0.3 is 0 Å². The second kappa shape index (κ2) is 6.80. The standard InChI is InChI=1S/C16H22N4O2S/c1-4-20-7-6-17-14(20)13-12(5-8-22-13)15(21)19-11(3)16-18-9-10(2)23-16/h6-7,9,11-13H,4-5,8H2,1-3H3,(H,19,21)/t11?,12-,13-/m1/s1. The molecule has 0 aliphatic carbocycles. The number of aromatic nitrogens is 3. The maximum Gasteiger partial charge on any atom is 0.226 e. The first-order valence-corrected chi connectivity index (χ1v) is 8.77. The number of amides is 1. The van der Waals surface area contributed by atoms with Crippen LogP contribution < -0.4 is 5.32 Å². The molecule has 3 heterocycles. The van der Waals surface area contributed by atoms with E-state index in [0.717, 1.165) is 28.7 Å². The van der Waals surface area contributed by atoms with Gasteiger partial charge in [0.2, 0.25) is 5.91 Å². The number of hydrogen-bond donors (Lipinski definition) is 1. The summed E-state index contributed by atoms with van der Waals surface area (Å²) in [6, 6.07) is -0.0895. The minimum absolute atomic E-state index is 0.0125. The molecule has 1 aliphatic heterocycles. The predicted molar refractivity (Wildman–Crippen MR) is 88.1 cm³/mol. The lowest BCUT2D eigenvalue weighted by Crippen LogP contribution is -2.34. The molecular weight excluding hydrogens is 312 g/mol. The van der Waals surface area contributed by atoms with Gasteiger partial charge in [-0.25, -0.2) is 9.97 Å². The monoisotopic (exact) mass is 334 g/mol. The molecule has 23 heavy (non-hydrogen) atoms. The maximum absolute atomic E-state index is 12.7. The van der Waals surface area contributed by atoms with Crippen molar-refractivity contribution in [3.8, 4) is 0 Å². The van der Waals surface area contributed by atoms with Gasteiger partial charge in [0.05, 0.1) is 12.0 Å². The second-order valence-electron chi connectivity index (χ2n) is 5.80. The highest BCUT2D eigenvalue weighted by Gasteiger charge is 2.38. The van der Waals surface area contributed by atoms with Crippen LogP contribution in [0, 0.1) is 12.8 Å². The molecule has 1 saturated heterocycles. The molecule has 3 rings (SSSR count). The Kier molecular flexibility index (Phi) is 4.77. The Morgan fingerprint density at radius 1 is 1.57 bits per heavy atom. The molecule has 7 heteroatoms. The Balaban J connectivity index is 1.71. The number of carbonyl (C=O) groups excluding carboxylic acids is 1. The largest absolute Gasteiger partial charge is 0.369 e. The number of aryl methyl sites for hydroxylation is 2. The molecule has 1 unspecified atom stereocenters. The Hall–Kier alpha value is -1.73. The first-order valence-electron chi connectivity index (χ1n) is 7.95. The minimum Gasteiger partial charge on any atom is -0.369 e. The number of nitrogens with zero attached hydrogens (tertiary/aromatic N) is 3. The Labute approximate surface area is 139 Å². The van der Waals surface area contributed by atoms with Gasteiger partial charge in [0.25, 0.3) is 0 Å². The van der Waals surface area contributed by atoms with Crippen molar-refractivity contribution < 1.29 is 9.53 Å². The average molecular weight is 334 g/mol. The van der Waals surface area contributed by atoms with Gasteiger partial charge in [0.1, 0.15) is 16.9 Å². The zero-order valence-corrected chi connectivity index (χ0v) is 14.5. The van der Waals surface area contributed by atoms with Crippen LogP contribution >= 0.6 is 11.3 Å². The number of ether oxygens (including phenoxy) is 1. The van der Waals surface area contributed by atoms with Gasteiger partial charge in [-0.15, -0.1) is 11.3 Å². The Morgan fingerprint density at radius 3 is 3.09 bits per heavy atom. The van der Waals surface area contributed by atoms with E-state index in [-0.39, 0.29) is 24.0 Å². The summed E-state index contributed by atoms with van der Waals surface area (Å²) in [5.41, 5.74) is 0. The van der Waals surface area contributed by atoms with E-state index in [1.807, 2.05) is 30.8 Å². The first kappa shape index (κ1) is 16.1. The van der Waals surface area contributed by atoms with E-state index < -0.39 is 0 Å². The van der Waals surface area contributed by atoms with Gasteiger partial charge in [-0.1, -0.05) is 0 Å². The van der Waals surface area contributed by atoms with Crippen molar-refractivity contribution >= 4 is 17.2 Å². The quantitative estimate of drug-likeness (QED) is 0.912. The summed E-state index contributed by atoms with van der Waals surface area (Å²) in [6.07, 6.45) is 5.97. The van der Waals surface area contributed by atoms with Crippen molar-refractivity contribution in [2.45, 2.75) is 45.9 Å². The third-order valence-corrected chi connectivity index (χ3v) is 5.24. The molecule has 1 N–H and O–H groups in total. The van der Waals surface area contributed by atoms with Crippen LogP contribution in [0.3, 0.4) is 0 Å². The van der Waals surface area contributed by atoms with Crippen LogP contribution in [0.25, 0.3) is 0 Å². The molecule has 0 saturated carbocycles. The first-order chi connectivity index (χ1) is 11.1. The predicted octanol–water partition coefficient (Wildman–Crippen LogP) is 2.62. The fraction of sp³-hybridized carbons (Fsp3) is 0.562. The summed E-state index contributed by atoms with van der Waals surface area (Å²) in [5.74, 6) is 0.646. The molecule has 0 bridgehead atoms. The molecular formula is C16H22N4O2S. The molecule has 3 atom stereocenters. The molecule has 2 aromatic heterocycles. The lowest BCUT2D eigenvalue weighted by molar-refractivity contribution is -0.127. The van der Waals surface area contributed by atoms with Crippen molar-refractivity contribution in [2.75, 3.05) is 6.61 Å². The fourth-order valence-electron chi connectivity index (χ4n) is 2.91. The molecule has 124 valence electrons. The number of carbonyl (C=O) groups is 1. The van der Waals surface area contributed by atoms with Gasteiger partial charge in [0.15, 0.2) is 0 Å². The minimum atomic E-state index is -0.268. The average Bonchev–Trinajstić information content (AvgIpc) is 3.26. The van der Waals surface area contributed by atoms with Crippen LogP contribution in [0.2, 0.25) is 0 Å². The zero-order chi connectivity index (χ0) is 16.4. The lowest BCUT2D eigenvalue weighted by Gasteiger charge is -2.20. The van der Waals surface area contributed by atoms with Crippen LogP contribution in [0.1, 0.15) is 48.1 Å². The topological polar surface area (TPSA) is 69.0 Å².